The van der Waals surface area contributed by atoms with E-state index in [1.807, 2.05) is 0 Å². The van der Waals surface area contributed by atoms with E-state index in [1.165, 1.54) is 64.2 Å². The fraction of sp³-hybridized carbons (Fsp3) is 0.875. The van der Waals surface area contributed by atoms with Crippen LogP contribution < -0.4 is 0 Å². The smallest absolute Gasteiger partial charge is 0.0234 e. The average Bonchev–Trinajstić information content (AvgIpc) is 2.33. The van der Waals surface area contributed by atoms with Gasteiger partial charge in [-0.25, -0.2) is 0 Å². The lowest BCUT2D eigenvalue weighted by molar-refractivity contribution is 0.385. The third kappa shape index (κ3) is 6.35. The fourth-order valence-corrected chi connectivity index (χ4v) is 2.91. The summed E-state index contributed by atoms with van der Waals surface area (Å²) in [5.74, 6) is 1.96. The Bertz CT molecular complexity index is 168. The maximum atomic E-state index is 2.36. The topological polar surface area (TPSA) is 0 Å². The molecule has 0 spiro atoms. The minimum Gasteiger partial charge on any atom is -0.0914 e. The van der Waals surface area contributed by atoms with Crippen LogP contribution in [0.3, 0.4) is 0 Å². The van der Waals surface area contributed by atoms with E-state index in [1.54, 1.807) is 0 Å². The maximum Gasteiger partial charge on any atom is -0.0234 e. The molecule has 2 saturated carbocycles. The van der Waals surface area contributed by atoms with Crippen molar-refractivity contribution in [2.45, 2.75) is 78.1 Å². The Morgan fingerprint density at radius 2 is 1.25 bits per heavy atom. The number of rotatable bonds is 1. The predicted molar refractivity (Wildman–Crippen MR) is 73.6 cm³/mol. The highest BCUT2D eigenvalue weighted by Crippen LogP contribution is 2.24. The van der Waals surface area contributed by atoms with E-state index in [9.17, 15) is 0 Å². The second kappa shape index (κ2) is 8.84. The van der Waals surface area contributed by atoms with E-state index in [4.69, 9.17) is 0 Å². The molecule has 2 aliphatic rings. The van der Waals surface area contributed by atoms with Crippen LogP contribution in [0.1, 0.15) is 78.1 Å². The van der Waals surface area contributed by atoms with Crippen LogP contribution in [0.5, 0.6) is 0 Å². The normalized spacial score (nSPS) is 24.1. The molecule has 2 rings (SSSR count). The van der Waals surface area contributed by atoms with Crippen LogP contribution in [0.25, 0.3) is 0 Å². The zero-order valence-corrected chi connectivity index (χ0v) is 11.4. The molecule has 0 radical (unpaired) electrons. The first-order valence-corrected chi connectivity index (χ1v) is 7.45. The van der Waals surface area contributed by atoms with Gasteiger partial charge in [-0.1, -0.05) is 70.4 Å². The van der Waals surface area contributed by atoms with E-state index < -0.39 is 0 Å². The third-order valence-corrected chi connectivity index (χ3v) is 4.01. The van der Waals surface area contributed by atoms with Gasteiger partial charge < -0.3 is 0 Å². The van der Waals surface area contributed by atoms with Crippen LogP contribution in [-0.4, -0.2) is 0 Å². The van der Waals surface area contributed by atoms with Crippen molar-refractivity contribution in [2.24, 2.45) is 11.8 Å². The molecule has 0 heteroatoms. The molecule has 0 aromatic heterocycles. The first-order chi connectivity index (χ1) is 7.83. The molecule has 0 aromatic rings. The zero-order valence-electron chi connectivity index (χ0n) is 11.4. The lowest BCUT2D eigenvalue weighted by Gasteiger charge is -2.17. The summed E-state index contributed by atoms with van der Waals surface area (Å²) in [6, 6.07) is 0. The quantitative estimate of drug-likeness (QED) is 0.497. The zero-order chi connectivity index (χ0) is 11.6. The van der Waals surface area contributed by atoms with Crippen molar-refractivity contribution in [1.82, 2.24) is 0 Å². The summed E-state index contributed by atoms with van der Waals surface area (Å²) >= 11 is 0. The van der Waals surface area contributed by atoms with Gasteiger partial charge in [-0.05, 0) is 31.6 Å². The molecule has 0 N–H and O–H groups in total. The van der Waals surface area contributed by atoms with E-state index in [2.05, 4.69) is 26.0 Å². The van der Waals surface area contributed by atoms with E-state index in [0.717, 1.165) is 11.8 Å². The van der Waals surface area contributed by atoms with Gasteiger partial charge in [-0.15, -0.1) is 0 Å². The number of hydrogen-bond acceptors (Lipinski definition) is 0. The van der Waals surface area contributed by atoms with Crippen molar-refractivity contribution < 1.29 is 0 Å². The molecule has 0 atom stereocenters. The standard InChI is InChI=1S/C9H16.C7H14/c1-2-6-9-7-4-3-5-8-9;1-7-5-3-2-4-6-7/h2,6,9H,3-5,7-8H2,1H3;7H,2-6H2,1H3. The molecule has 0 nitrogen and oxygen atoms in total. The van der Waals surface area contributed by atoms with Gasteiger partial charge in [0.15, 0.2) is 0 Å². The molecule has 16 heavy (non-hydrogen) atoms. The molecular weight excluding hydrogens is 192 g/mol. The van der Waals surface area contributed by atoms with Gasteiger partial charge in [0.05, 0.1) is 0 Å². The van der Waals surface area contributed by atoms with Gasteiger partial charge in [0.2, 0.25) is 0 Å². The Balaban J connectivity index is 0.000000165. The molecule has 0 unspecified atom stereocenters. The fourth-order valence-electron chi connectivity index (χ4n) is 2.91. The van der Waals surface area contributed by atoms with Crippen molar-refractivity contribution in [2.75, 3.05) is 0 Å². The van der Waals surface area contributed by atoms with Crippen molar-refractivity contribution in [3.63, 3.8) is 0 Å². The maximum absolute atomic E-state index is 2.36. The Hall–Kier alpha value is -0.260. The van der Waals surface area contributed by atoms with E-state index in [0.29, 0.717) is 0 Å². The Morgan fingerprint density at radius 1 is 0.750 bits per heavy atom. The molecule has 0 aromatic carbocycles. The lowest BCUT2D eigenvalue weighted by atomic mass is 9.89. The highest BCUT2D eigenvalue weighted by atomic mass is 14.1. The monoisotopic (exact) mass is 222 g/mol. The number of allylic oxidation sites excluding steroid dienone is 2. The summed E-state index contributed by atoms with van der Waals surface area (Å²) < 4.78 is 0. The molecule has 0 saturated heterocycles. The molecule has 94 valence electrons. The Labute approximate surface area is 103 Å². The van der Waals surface area contributed by atoms with Gasteiger partial charge >= 0.3 is 0 Å². The first kappa shape index (κ1) is 13.8. The van der Waals surface area contributed by atoms with Crippen molar-refractivity contribution in [1.29, 1.82) is 0 Å². The Morgan fingerprint density at radius 3 is 1.62 bits per heavy atom. The van der Waals surface area contributed by atoms with E-state index in [-0.39, 0.29) is 0 Å². The average molecular weight is 222 g/mol. The van der Waals surface area contributed by atoms with Crippen LogP contribution in [0, 0.1) is 11.8 Å². The largest absolute Gasteiger partial charge is 0.0914 e. The summed E-state index contributed by atoms with van der Waals surface area (Å²) in [6.07, 6.45) is 19.2. The van der Waals surface area contributed by atoms with Crippen LogP contribution in [0.4, 0.5) is 0 Å². The summed E-state index contributed by atoms with van der Waals surface area (Å²) in [7, 11) is 0. The van der Waals surface area contributed by atoms with Gasteiger partial charge in [0, 0.05) is 0 Å². The van der Waals surface area contributed by atoms with Gasteiger partial charge in [-0.2, -0.15) is 0 Å². The van der Waals surface area contributed by atoms with Crippen molar-refractivity contribution in [3.05, 3.63) is 12.2 Å². The minimum absolute atomic E-state index is 0.920. The third-order valence-electron chi connectivity index (χ3n) is 4.01. The van der Waals surface area contributed by atoms with Gasteiger partial charge in [0.25, 0.3) is 0 Å². The summed E-state index contributed by atoms with van der Waals surface area (Å²) in [6.45, 7) is 4.48. The Kier molecular flexibility index (Phi) is 7.63. The summed E-state index contributed by atoms with van der Waals surface area (Å²) in [4.78, 5) is 0. The molecule has 2 aliphatic carbocycles. The van der Waals surface area contributed by atoms with Gasteiger partial charge in [-0.3, -0.25) is 0 Å². The highest BCUT2D eigenvalue weighted by molar-refractivity contribution is 4.86. The molecule has 0 aliphatic heterocycles. The minimum atomic E-state index is 0.920. The molecule has 0 bridgehead atoms. The van der Waals surface area contributed by atoms with Gasteiger partial charge in [0.1, 0.15) is 0 Å². The first-order valence-electron chi connectivity index (χ1n) is 7.45. The van der Waals surface area contributed by atoms with Crippen molar-refractivity contribution >= 4 is 0 Å². The SMILES string of the molecule is CC1CCCCC1.CC=CC1CCCCC1. The molecule has 0 amide bonds. The second-order valence-electron chi connectivity index (χ2n) is 5.67. The van der Waals surface area contributed by atoms with Crippen LogP contribution in [0.15, 0.2) is 12.2 Å². The molecule has 0 heterocycles. The van der Waals surface area contributed by atoms with Crippen molar-refractivity contribution in [3.8, 4) is 0 Å². The summed E-state index contributed by atoms with van der Waals surface area (Å²) in [5.41, 5.74) is 0. The highest BCUT2D eigenvalue weighted by Gasteiger charge is 2.08. The lowest BCUT2D eigenvalue weighted by Crippen LogP contribution is -2.01. The van der Waals surface area contributed by atoms with Crippen LogP contribution in [-0.2, 0) is 0 Å². The second-order valence-corrected chi connectivity index (χ2v) is 5.67. The predicted octanol–water partition coefficient (Wildman–Crippen LogP) is 5.73. The van der Waals surface area contributed by atoms with Crippen LogP contribution in [0.2, 0.25) is 0 Å². The molecule has 2 fully saturated rings. The van der Waals surface area contributed by atoms with E-state index >= 15 is 0 Å². The number of hydrogen-bond donors (Lipinski definition) is 0. The molecular formula is C16H30. The summed E-state index contributed by atoms with van der Waals surface area (Å²) in [5, 5.41) is 0. The van der Waals surface area contributed by atoms with Crippen LogP contribution >= 0.6 is 0 Å².